The maximum atomic E-state index is 5.99. The standard InChI is InChI=1S/C19H30N4O2/c1-3-20-19(21-12-15-8-7-11-23(15)4-2)22-13-16-14-24-17-9-5-6-10-18(17)25-16/h5-6,9-10,15-16H,3-4,7-8,11-14H2,1-2H3,(H2,20,21,22). The first-order chi connectivity index (χ1) is 12.3. The van der Waals surface area contributed by atoms with Crippen molar-refractivity contribution in [2.45, 2.75) is 38.8 Å². The summed E-state index contributed by atoms with van der Waals surface area (Å²) in [4.78, 5) is 7.29. The van der Waals surface area contributed by atoms with Crippen LogP contribution in [0.3, 0.4) is 0 Å². The van der Waals surface area contributed by atoms with Gasteiger partial charge in [-0.2, -0.15) is 0 Å². The molecule has 1 fully saturated rings. The molecule has 2 unspecified atom stereocenters. The van der Waals surface area contributed by atoms with Crippen molar-refractivity contribution in [1.82, 2.24) is 15.5 Å². The van der Waals surface area contributed by atoms with Gasteiger partial charge in [0.2, 0.25) is 0 Å². The first-order valence-electron chi connectivity index (χ1n) is 9.44. The van der Waals surface area contributed by atoms with Crippen molar-refractivity contribution in [2.75, 3.05) is 39.3 Å². The van der Waals surface area contributed by atoms with E-state index in [0.717, 1.165) is 37.1 Å². The largest absolute Gasteiger partial charge is 0.486 e. The highest BCUT2D eigenvalue weighted by molar-refractivity contribution is 5.79. The lowest BCUT2D eigenvalue weighted by molar-refractivity contribution is 0.0936. The molecule has 0 amide bonds. The average molecular weight is 346 g/mol. The molecule has 0 saturated carbocycles. The predicted octanol–water partition coefficient (Wildman–Crippen LogP) is 1.87. The van der Waals surface area contributed by atoms with Crippen molar-refractivity contribution in [3.05, 3.63) is 24.3 Å². The van der Waals surface area contributed by atoms with Gasteiger partial charge >= 0.3 is 0 Å². The molecule has 25 heavy (non-hydrogen) atoms. The zero-order chi connectivity index (χ0) is 17.5. The maximum Gasteiger partial charge on any atom is 0.191 e. The van der Waals surface area contributed by atoms with Gasteiger partial charge in [0.1, 0.15) is 12.7 Å². The lowest BCUT2D eigenvalue weighted by atomic mass is 10.2. The van der Waals surface area contributed by atoms with E-state index in [0.29, 0.717) is 19.2 Å². The highest BCUT2D eigenvalue weighted by atomic mass is 16.6. The van der Waals surface area contributed by atoms with E-state index in [9.17, 15) is 0 Å². The molecule has 1 aromatic carbocycles. The van der Waals surface area contributed by atoms with Crippen LogP contribution in [0.5, 0.6) is 11.5 Å². The number of fused-ring (bicyclic) bond motifs is 1. The number of likely N-dealkylation sites (N-methyl/N-ethyl adjacent to an activating group) is 1. The lowest BCUT2D eigenvalue weighted by Gasteiger charge is -2.27. The normalized spacial score (nSPS) is 23.5. The molecule has 6 heteroatoms. The molecular formula is C19H30N4O2. The van der Waals surface area contributed by atoms with Crippen molar-refractivity contribution in [3.63, 3.8) is 0 Å². The predicted molar refractivity (Wildman–Crippen MR) is 101 cm³/mol. The smallest absolute Gasteiger partial charge is 0.191 e. The summed E-state index contributed by atoms with van der Waals surface area (Å²) in [7, 11) is 0. The summed E-state index contributed by atoms with van der Waals surface area (Å²) in [5.41, 5.74) is 0. The number of para-hydroxylation sites is 2. The summed E-state index contributed by atoms with van der Waals surface area (Å²) >= 11 is 0. The Kier molecular flexibility index (Phi) is 6.39. The number of guanidine groups is 1. The Bertz CT molecular complexity index is 578. The zero-order valence-electron chi connectivity index (χ0n) is 15.3. The van der Waals surface area contributed by atoms with Crippen LogP contribution < -0.4 is 20.1 Å². The molecule has 6 nitrogen and oxygen atoms in total. The molecule has 1 aromatic rings. The minimum atomic E-state index is -0.0163. The Hall–Kier alpha value is -1.95. The average Bonchev–Trinajstić information content (AvgIpc) is 3.11. The van der Waals surface area contributed by atoms with E-state index in [1.165, 1.54) is 19.4 Å². The number of hydrogen-bond donors (Lipinski definition) is 2. The number of nitrogens with zero attached hydrogens (tertiary/aromatic N) is 2. The van der Waals surface area contributed by atoms with E-state index in [-0.39, 0.29) is 6.10 Å². The van der Waals surface area contributed by atoms with E-state index >= 15 is 0 Å². The van der Waals surface area contributed by atoms with Crippen molar-refractivity contribution >= 4 is 5.96 Å². The first-order valence-corrected chi connectivity index (χ1v) is 9.44. The third kappa shape index (κ3) is 4.78. The molecule has 3 rings (SSSR count). The second-order valence-electron chi connectivity index (χ2n) is 6.52. The molecule has 138 valence electrons. The third-order valence-electron chi connectivity index (χ3n) is 4.77. The van der Waals surface area contributed by atoms with Gasteiger partial charge in [-0.1, -0.05) is 19.1 Å². The number of benzene rings is 1. The topological polar surface area (TPSA) is 58.1 Å². The number of nitrogens with one attached hydrogen (secondary N) is 2. The molecule has 2 aliphatic rings. The summed E-state index contributed by atoms with van der Waals surface area (Å²) in [6.45, 7) is 9.53. The minimum Gasteiger partial charge on any atom is -0.486 e. The van der Waals surface area contributed by atoms with E-state index < -0.39 is 0 Å². The first kappa shape index (κ1) is 17.9. The number of rotatable bonds is 6. The van der Waals surface area contributed by atoms with E-state index in [1.54, 1.807) is 0 Å². The molecule has 2 N–H and O–H groups in total. The molecule has 2 aliphatic heterocycles. The van der Waals surface area contributed by atoms with Gasteiger partial charge in [0, 0.05) is 12.6 Å². The van der Waals surface area contributed by atoms with Crippen LogP contribution in [0, 0.1) is 0 Å². The number of aliphatic imine (C=N–C) groups is 1. The van der Waals surface area contributed by atoms with Gasteiger partial charge in [-0.3, -0.25) is 9.89 Å². The maximum absolute atomic E-state index is 5.99. The van der Waals surface area contributed by atoms with Crippen LogP contribution in [0.2, 0.25) is 0 Å². The fourth-order valence-corrected chi connectivity index (χ4v) is 3.43. The molecule has 0 radical (unpaired) electrons. The van der Waals surface area contributed by atoms with Crippen LogP contribution in [0.15, 0.2) is 29.3 Å². The van der Waals surface area contributed by atoms with Gasteiger partial charge in [0.05, 0.1) is 13.1 Å². The summed E-state index contributed by atoms with van der Waals surface area (Å²) < 4.78 is 11.8. The van der Waals surface area contributed by atoms with Gasteiger partial charge < -0.3 is 20.1 Å². The Morgan fingerprint density at radius 1 is 1.24 bits per heavy atom. The molecule has 2 heterocycles. The van der Waals surface area contributed by atoms with Crippen LogP contribution in [0.4, 0.5) is 0 Å². The van der Waals surface area contributed by atoms with E-state index in [2.05, 4.69) is 29.4 Å². The fraction of sp³-hybridized carbons (Fsp3) is 0.632. The van der Waals surface area contributed by atoms with Crippen molar-refractivity contribution in [3.8, 4) is 11.5 Å². The van der Waals surface area contributed by atoms with Crippen LogP contribution in [-0.4, -0.2) is 62.3 Å². The summed E-state index contributed by atoms with van der Waals surface area (Å²) in [5.74, 6) is 2.49. The van der Waals surface area contributed by atoms with Gasteiger partial charge in [-0.15, -0.1) is 0 Å². The van der Waals surface area contributed by atoms with Crippen LogP contribution in [-0.2, 0) is 0 Å². The molecule has 0 bridgehead atoms. The molecule has 2 atom stereocenters. The quantitative estimate of drug-likeness (QED) is 0.608. The van der Waals surface area contributed by atoms with Crippen LogP contribution in [0.25, 0.3) is 0 Å². The van der Waals surface area contributed by atoms with Gasteiger partial charge in [0.25, 0.3) is 0 Å². The van der Waals surface area contributed by atoms with E-state index in [4.69, 9.17) is 14.5 Å². The summed E-state index contributed by atoms with van der Waals surface area (Å²) in [5, 5.41) is 6.72. The SMILES string of the molecule is CCNC(=NCC1CCCN1CC)NCC1COc2ccccc2O1. The van der Waals surface area contributed by atoms with Crippen molar-refractivity contribution < 1.29 is 9.47 Å². The highest BCUT2D eigenvalue weighted by Crippen LogP contribution is 2.30. The number of ether oxygens (including phenoxy) is 2. The minimum absolute atomic E-state index is 0.0163. The van der Waals surface area contributed by atoms with Crippen molar-refractivity contribution in [1.29, 1.82) is 0 Å². The van der Waals surface area contributed by atoms with Gasteiger partial charge in [-0.05, 0) is 45.0 Å². The molecule has 0 aliphatic carbocycles. The second-order valence-corrected chi connectivity index (χ2v) is 6.52. The Morgan fingerprint density at radius 2 is 2.08 bits per heavy atom. The molecule has 1 saturated heterocycles. The third-order valence-corrected chi connectivity index (χ3v) is 4.77. The number of likely N-dealkylation sites (tertiary alicyclic amines) is 1. The van der Waals surface area contributed by atoms with Crippen molar-refractivity contribution in [2.24, 2.45) is 4.99 Å². The van der Waals surface area contributed by atoms with E-state index in [1.807, 2.05) is 24.3 Å². The lowest BCUT2D eigenvalue weighted by Crippen LogP contribution is -2.46. The summed E-state index contributed by atoms with van der Waals surface area (Å²) in [6, 6.07) is 8.37. The Morgan fingerprint density at radius 3 is 2.88 bits per heavy atom. The van der Waals surface area contributed by atoms with Crippen LogP contribution >= 0.6 is 0 Å². The molecule has 0 spiro atoms. The highest BCUT2D eigenvalue weighted by Gasteiger charge is 2.23. The number of hydrogen-bond acceptors (Lipinski definition) is 4. The fourth-order valence-electron chi connectivity index (χ4n) is 3.43. The molecular weight excluding hydrogens is 316 g/mol. The second kappa shape index (κ2) is 8.94. The zero-order valence-corrected chi connectivity index (χ0v) is 15.3. The Labute approximate surface area is 150 Å². The monoisotopic (exact) mass is 346 g/mol. The van der Waals surface area contributed by atoms with Gasteiger partial charge in [-0.25, -0.2) is 0 Å². The molecule has 0 aromatic heterocycles. The summed E-state index contributed by atoms with van der Waals surface area (Å²) in [6.07, 6.45) is 2.51. The Balaban J connectivity index is 1.51. The van der Waals surface area contributed by atoms with Crippen LogP contribution in [0.1, 0.15) is 26.7 Å². The van der Waals surface area contributed by atoms with Gasteiger partial charge in [0.15, 0.2) is 17.5 Å².